The van der Waals surface area contributed by atoms with Gasteiger partial charge in [0.2, 0.25) is 0 Å². The highest BCUT2D eigenvalue weighted by Gasteiger charge is 2.28. The summed E-state index contributed by atoms with van der Waals surface area (Å²) in [6.07, 6.45) is 3.43. The van der Waals surface area contributed by atoms with E-state index in [1.54, 1.807) is 0 Å². The lowest BCUT2D eigenvalue weighted by Crippen LogP contribution is -2.36. The summed E-state index contributed by atoms with van der Waals surface area (Å²) in [7, 11) is -1.42. The first-order chi connectivity index (χ1) is 8.90. The average molecular weight is 285 g/mol. The number of rotatable bonds is 10. The molecule has 2 nitrogen and oxygen atoms in total. The van der Waals surface area contributed by atoms with Crippen LogP contribution in [-0.4, -0.2) is 26.1 Å². The minimum Gasteiger partial charge on any atom is -0.417 e. The molecule has 0 unspecified atom stereocenters. The van der Waals surface area contributed by atoms with E-state index < -0.39 is 14.4 Å². The van der Waals surface area contributed by atoms with Crippen molar-refractivity contribution < 1.29 is 9.53 Å². The van der Waals surface area contributed by atoms with Crippen molar-refractivity contribution in [1.29, 1.82) is 0 Å². The Labute approximate surface area is 120 Å². The quantitative estimate of drug-likeness (QED) is 0.359. The minimum atomic E-state index is -1.42. The molecule has 0 aliphatic carbocycles. The van der Waals surface area contributed by atoms with Gasteiger partial charge in [0.1, 0.15) is 0 Å². The van der Waals surface area contributed by atoms with Gasteiger partial charge in [-0.2, -0.15) is 0 Å². The Morgan fingerprint density at radius 2 is 1.74 bits per heavy atom. The summed E-state index contributed by atoms with van der Waals surface area (Å²) >= 11 is 0. The fraction of sp³-hybridized carbons (Fsp3) is 0.750. The third-order valence-corrected chi connectivity index (χ3v) is 8.69. The van der Waals surface area contributed by atoms with Crippen LogP contribution in [0.3, 0.4) is 0 Å². The zero-order valence-corrected chi connectivity index (χ0v) is 14.5. The Hall–Kier alpha value is -0.383. The van der Waals surface area contributed by atoms with Gasteiger partial charge in [-0.15, -0.1) is 0 Å². The molecular weight excluding hydrogens is 252 g/mol. The van der Waals surface area contributed by atoms with E-state index in [-0.39, 0.29) is 0 Å². The van der Waals surface area contributed by atoms with Crippen molar-refractivity contribution >= 4 is 8.32 Å². The van der Waals surface area contributed by atoms with Gasteiger partial charge in [0.15, 0.2) is 8.32 Å². The van der Waals surface area contributed by atoms with Crippen LogP contribution in [0.4, 0.5) is 0 Å². The maximum absolute atomic E-state index is 9.70. The Morgan fingerprint density at radius 1 is 1.21 bits per heavy atom. The Balaban J connectivity index is 4.07. The van der Waals surface area contributed by atoms with E-state index in [1.165, 1.54) is 23.7 Å². The lowest BCUT2D eigenvalue weighted by molar-refractivity contribution is 0.257. The van der Waals surface area contributed by atoms with Gasteiger partial charge in [-0.25, -0.2) is 0 Å². The van der Waals surface area contributed by atoms with Crippen molar-refractivity contribution in [3.8, 4) is 0 Å². The van der Waals surface area contributed by atoms with Gasteiger partial charge < -0.3 is 9.53 Å². The van der Waals surface area contributed by atoms with Crippen molar-refractivity contribution in [3.05, 3.63) is 23.8 Å². The number of aliphatic hydroxyl groups is 1. The molecule has 19 heavy (non-hydrogen) atoms. The Kier molecular flexibility index (Phi) is 9.32. The molecule has 0 saturated carbocycles. The first-order valence-corrected chi connectivity index (χ1v) is 10.1. The molecule has 0 heterocycles. The van der Waals surface area contributed by atoms with Crippen LogP contribution in [0.2, 0.25) is 18.1 Å². The molecule has 0 aromatic rings. The van der Waals surface area contributed by atoms with Crippen molar-refractivity contribution in [3.63, 3.8) is 0 Å². The molecule has 0 amide bonds. The minimum absolute atomic E-state index is 0.503. The predicted molar refractivity (Wildman–Crippen MR) is 87.0 cm³/mol. The van der Waals surface area contributed by atoms with Crippen LogP contribution in [0.5, 0.6) is 0 Å². The molecule has 0 aromatic carbocycles. The third-order valence-electron chi connectivity index (χ3n) is 4.00. The van der Waals surface area contributed by atoms with E-state index in [0.29, 0.717) is 0 Å². The highest BCUT2D eigenvalue weighted by molar-refractivity contribution is 6.73. The Morgan fingerprint density at radius 3 is 2.16 bits per heavy atom. The molecular formula is C16H32O2Si. The van der Waals surface area contributed by atoms with Gasteiger partial charge in [-0.1, -0.05) is 39.0 Å². The highest BCUT2D eigenvalue weighted by atomic mass is 28.4. The second-order valence-corrected chi connectivity index (χ2v) is 10.3. The van der Waals surface area contributed by atoms with E-state index in [0.717, 1.165) is 25.0 Å². The smallest absolute Gasteiger partial charge is 0.191 e. The SMILES string of the molecule is C=C(C)[C@H](O)/C=C(\C)CCCO[Si](CC)(CC)CC. The fourth-order valence-corrected chi connectivity index (χ4v) is 4.88. The number of hydrogen-bond donors (Lipinski definition) is 1. The van der Waals surface area contributed by atoms with Crippen molar-refractivity contribution in [2.75, 3.05) is 6.61 Å². The van der Waals surface area contributed by atoms with E-state index in [9.17, 15) is 5.11 Å². The van der Waals surface area contributed by atoms with E-state index in [2.05, 4.69) is 34.3 Å². The van der Waals surface area contributed by atoms with Crippen LogP contribution in [-0.2, 0) is 4.43 Å². The molecule has 0 rings (SSSR count). The van der Waals surface area contributed by atoms with Crippen molar-refractivity contribution in [2.45, 2.75) is 71.7 Å². The molecule has 1 N–H and O–H groups in total. The molecule has 0 fully saturated rings. The zero-order chi connectivity index (χ0) is 14.9. The van der Waals surface area contributed by atoms with Crippen LogP contribution in [0.25, 0.3) is 0 Å². The van der Waals surface area contributed by atoms with Gasteiger partial charge in [-0.05, 0) is 50.4 Å². The first-order valence-electron chi connectivity index (χ1n) is 7.55. The summed E-state index contributed by atoms with van der Waals surface area (Å²) in [5.74, 6) is 0. The highest BCUT2D eigenvalue weighted by Crippen LogP contribution is 2.22. The lowest BCUT2D eigenvalue weighted by Gasteiger charge is -2.28. The summed E-state index contributed by atoms with van der Waals surface area (Å²) in [6.45, 7) is 15.3. The van der Waals surface area contributed by atoms with Crippen LogP contribution in [0, 0.1) is 0 Å². The van der Waals surface area contributed by atoms with Gasteiger partial charge >= 0.3 is 0 Å². The first kappa shape index (κ1) is 18.6. The second-order valence-electron chi connectivity index (χ2n) is 5.50. The normalized spacial score (nSPS) is 14.5. The summed E-state index contributed by atoms with van der Waals surface area (Å²) in [4.78, 5) is 0. The summed E-state index contributed by atoms with van der Waals surface area (Å²) in [5.41, 5.74) is 2.01. The van der Waals surface area contributed by atoms with Gasteiger partial charge in [0.25, 0.3) is 0 Å². The average Bonchev–Trinajstić information content (AvgIpc) is 2.39. The van der Waals surface area contributed by atoms with Gasteiger partial charge in [-0.3, -0.25) is 0 Å². The van der Waals surface area contributed by atoms with Crippen molar-refractivity contribution in [2.24, 2.45) is 0 Å². The number of allylic oxidation sites excluding steroid dienone is 1. The van der Waals surface area contributed by atoms with Crippen LogP contribution in [0.15, 0.2) is 23.8 Å². The molecule has 0 radical (unpaired) electrons. The lowest BCUT2D eigenvalue weighted by atomic mass is 10.1. The summed E-state index contributed by atoms with van der Waals surface area (Å²) in [5, 5.41) is 9.70. The monoisotopic (exact) mass is 284 g/mol. The predicted octanol–water partition coefficient (Wildman–Crippen LogP) is 4.67. The Bertz CT molecular complexity index is 285. The molecule has 0 aliphatic rings. The molecule has 112 valence electrons. The van der Waals surface area contributed by atoms with E-state index in [4.69, 9.17) is 4.43 Å². The standard InChI is InChI=1S/C16H32O2Si/c1-7-19(8-2,9-3)18-12-10-11-15(6)13-16(17)14(4)5/h13,16-17H,4,7-12H2,1-3,5-6H3/b15-13+/t16-/m1/s1. The second kappa shape index (κ2) is 9.51. The molecule has 0 bridgehead atoms. The molecule has 3 heteroatoms. The number of hydrogen-bond acceptors (Lipinski definition) is 2. The van der Waals surface area contributed by atoms with Crippen molar-refractivity contribution in [1.82, 2.24) is 0 Å². The maximum Gasteiger partial charge on any atom is 0.191 e. The zero-order valence-electron chi connectivity index (χ0n) is 13.5. The summed E-state index contributed by atoms with van der Waals surface area (Å²) < 4.78 is 6.21. The molecule has 0 aliphatic heterocycles. The van der Waals surface area contributed by atoms with Gasteiger partial charge in [0, 0.05) is 6.61 Å². The van der Waals surface area contributed by atoms with Crippen LogP contribution in [0.1, 0.15) is 47.5 Å². The van der Waals surface area contributed by atoms with Gasteiger partial charge in [0.05, 0.1) is 6.10 Å². The van der Waals surface area contributed by atoms with E-state index >= 15 is 0 Å². The van der Waals surface area contributed by atoms with Crippen LogP contribution < -0.4 is 0 Å². The largest absolute Gasteiger partial charge is 0.417 e. The summed E-state index contributed by atoms with van der Waals surface area (Å²) in [6, 6.07) is 3.63. The molecule has 0 aromatic heterocycles. The van der Waals surface area contributed by atoms with Crippen LogP contribution >= 0.6 is 0 Å². The van der Waals surface area contributed by atoms with E-state index in [1.807, 2.05) is 13.0 Å². The number of aliphatic hydroxyl groups excluding tert-OH is 1. The molecule has 0 saturated heterocycles. The molecule has 0 spiro atoms. The topological polar surface area (TPSA) is 29.5 Å². The fourth-order valence-electron chi connectivity index (χ4n) is 2.19. The maximum atomic E-state index is 9.70. The molecule has 1 atom stereocenters. The third kappa shape index (κ3) is 7.09.